The maximum Gasteiger partial charge on any atom is 0.309 e. The molecule has 0 radical (unpaired) electrons. The fourth-order valence-corrected chi connectivity index (χ4v) is 4.25. The Hall–Kier alpha value is -2.22. The lowest BCUT2D eigenvalue weighted by molar-refractivity contribution is -0.150. The van der Waals surface area contributed by atoms with Crippen LogP contribution in [0.1, 0.15) is 56.1 Å². The van der Waals surface area contributed by atoms with Crippen LogP contribution in [0.15, 0.2) is 59.5 Å². The van der Waals surface area contributed by atoms with E-state index < -0.39 is 10.1 Å². The SMILES string of the molecule is CCC(CC(CC(C)c1ccccc1)C(=O)OCCOC)c1ccc(S(=O)(=O)O)cc1. The highest BCUT2D eigenvalue weighted by molar-refractivity contribution is 7.85. The van der Waals surface area contributed by atoms with E-state index in [1.165, 1.54) is 17.7 Å². The molecule has 0 heterocycles. The van der Waals surface area contributed by atoms with Gasteiger partial charge >= 0.3 is 5.97 Å². The Bertz CT molecular complexity index is 909. The summed E-state index contributed by atoms with van der Waals surface area (Å²) < 4.78 is 42.3. The minimum absolute atomic E-state index is 0.0541. The second kappa shape index (κ2) is 12.0. The van der Waals surface area contributed by atoms with Crippen LogP contribution in [0.4, 0.5) is 0 Å². The van der Waals surface area contributed by atoms with Crippen LogP contribution in [0.2, 0.25) is 0 Å². The quantitative estimate of drug-likeness (QED) is 0.284. The molecular weight excluding hydrogens is 416 g/mol. The fraction of sp³-hybridized carbons (Fsp3) is 0.458. The van der Waals surface area contributed by atoms with E-state index in [0.717, 1.165) is 12.0 Å². The van der Waals surface area contributed by atoms with Gasteiger partial charge in [-0.3, -0.25) is 9.35 Å². The fourth-order valence-electron chi connectivity index (χ4n) is 3.77. The molecule has 2 aromatic rings. The van der Waals surface area contributed by atoms with Gasteiger partial charge in [0.1, 0.15) is 6.61 Å². The van der Waals surface area contributed by atoms with Gasteiger partial charge in [0.15, 0.2) is 0 Å². The molecule has 0 aliphatic carbocycles. The van der Waals surface area contributed by atoms with Crippen LogP contribution in [0.3, 0.4) is 0 Å². The van der Waals surface area contributed by atoms with Gasteiger partial charge in [0, 0.05) is 7.11 Å². The largest absolute Gasteiger partial charge is 0.463 e. The van der Waals surface area contributed by atoms with Gasteiger partial charge in [0.25, 0.3) is 10.1 Å². The summed E-state index contributed by atoms with van der Waals surface area (Å²) >= 11 is 0. The standard InChI is InChI=1S/C24H32O6S/c1-4-19(21-10-12-23(13-11-21)31(26,27)28)17-22(24(25)30-15-14-29-3)16-18(2)20-8-6-5-7-9-20/h5-13,18-19,22H,4,14-17H2,1-3H3,(H,26,27,28). The Morgan fingerprint density at radius 2 is 1.61 bits per heavy atom. The topological polar surface area (TPSA) is 89.9 Å². The van der Waals surface area contributed by atoms with Crippen LogP contribution in [-0.2, 0) is 24.4 Å². The first-order valence-electron chi connectivity index (χ1n) is 10.5. The molecule has 0 fully saturated rings. The highest BCUT2D eigenvalue weighted by atomic mass is 32.2. The lowest BCUT2D eigenvalue weighted by Crippen LogP contribution is -2.23. The molecule has 0 saturated heterocycles. The van der Waals surface area contributed by atoms with Crippen molar-refractivity contribution < 1.29 is 27.2 Å². The molecule has 0 bridgehead atoms. The van der Waals surface area contributed by atoms with Crippen molar-refractivity contribution in [2.24, 2.45) is 5.92 Å². The second-order valence-corrected chi connectivity index (χ2v) is 9.21. The van der Waals surface area contributed by atoms with Crippen molar-refractivity contribution in [3.63, 3.8) is 0 Å². The van der Waals surface area contributed by atoms with Gasteiger partial charge in [-0.2, -0.15) is 8.42 Å². The van der Waals surface area contributed by atoms with Crippen molar-refractivity contribution in [1.29, 1.82) is 0 Å². The first-order chi connectivity index (χ1) is 14.8. The molecule has 2 aromatic carbocycles. The van der Waals surface area contributed by atoms with Gasteiger partial charge in [-0.1, -0.05) is 56.3 Å². The van der Waals surface area contributed by atoms with Crippen LogP contribution in [0.5, 0.6) is 0 Å². The number of carbonyl (C=O) groups excluding carboxylic acids is 1. The van der Waals surface area contributed by atoms with Gasteiger partial charge in [-0.25, -0.2) is 0 Å². The summed E-state index contributed by atoms with van der Waals surface area (Å²) in [6.07, 6.45) is 2.02. The summed E-state index contributed by atoms with van der Waals surface area (Å²) in [7, 11) is -2.67. The van der Waals surface area contributed by atoms with E-state index >= 15 is 0 Å². The number of esters is 1. The van der Waals surface area contributed by atoms with Gasteiger partial charge < -0.3 is 9.47 Å². The van der Waals surface area contributed by atoms with Crippen LogP contribution in [0, 0.1) is 5.92 Å². The second-order valence-electron chi connectivity index (χ2n) is 7.79. The summed E-state index contributed by atoms with van der Waals surface area (Å²) in [5.74, 6) is -0.315. The molecule has 3 atom stereocenters. The van der Waals surface area contributed by atoms with Crippen molar-refractivity contribution in [1.82, 2.24) is 0 Å². The van der Waals surface area contributed by atoms with Gasteiger partial charge in [-0.15, -0.1) is 0 Å². The molecule has 0 aliphatic rings. The summed E-state index contributed by atoms with van der Waals surface area (Å²) in [4.78, 5) is 12.7. The van der Waals surface area contributed by atoms with Crippen molar-refractivity contribution in [3.05, 3.63) is 65.7 Å². The van der Waals surface area contributed by atoms with E-state index in [1.54, 1.807) is 19.2 Å². The van der Waals surface area contributed by atoms with E-state index in [-0.39, 0.29) is 35.2 Å². The highest BCUT2D eigenvalue weighted by Gasteiger charge is 2.27. The molecule has 3 unspecified atom stereocenters. The third-order valence-electron chi connectivity index (χ3n) is 5.58. The zero-order valence-electron chi connectivity index (χ0n) is 18.4. The molecule has 1 N–H and O–H groups in total. The molecule has 7 heteroatoms. The van der Waals surface area contributed by atoms with Crippen LogP contribution < -0.4 is 0 Å². The van der Waals surface area contributed by atoms with Crippen molar-refractivity contribution in [2.45, 2.75) is 49.8 Å². The maximum absolute atomic E-state index is 12.9. The van der Waals surface area contributed by atoms with Gasteiger partial charge in [-0.05, 0) is 54.4 Å². The first-order valence-corrected chi connectivity index (χ1v) is 12.0. The molecule has 6 nitrogen and oxygen atoms in total. The summed E-state index contributed by atoms with van der Waals surface area (Å²) in [6, 6.07) is 16.3. The Morgan fingerprint density at radius 1 is 0.968 bits per heavy atom. The van der Waals surface area contributed by atoms with Crippen LogP contribution >= 0.6 is 0 Å². The third kappa shape index (κ3) is 7.76. The molecule has 0 amide bonds. The third-order valence-corrected chi connectivity index (χ3v) is 6.45. The van der Waals surface area contributed by atoms with Crippen LogP contribution in [0.25, 0.3) is 0 Å². The smallest absolute Gasteiger partial charge is 0.309 e. The van der Waals surface area contributed by atoms with Crippen molar-refractivity contribution in [3.8, 4) is 0 Å². The molecule has 0 spiro atoms. The Balaban J connectivity index is 2.19. The molecule has 31 heavy (non-hydrogen) atoms. The maximum atomic E-state index is 12.9. The molecule has 2 rings (SSSR count). The lowest BCUT2D eigenvalue weighted by atomic mass is 9.81. The predicted octanol–water partition coefficient (Wildman–Crippen LogP) is 4.82. The molecular formula is C24H32O6S. The van der Waals surface area contributed by atoms with Gasteiger partial charge in [0.05, 0.1) is 17.4 Å². The minimum Gasteiger partial charge on any atom is -0.463 e. The van der Waals surface area contributed by atoms with E-state index in [0.29, 0.717) is 19.4 Å². The predicted molar refractivity (Wildman–Crippen MR) is 120 cm³/mol. The van der Waals surface area contributed by atoms with E-state index in [9.17, 15) is 17.8 Å². The Kier molecular flexibility index (Phi) is 9.68. The van der Waals surface area contributed by atoms with Crippen molar-refractivity contribution >= 4 is 16.1 Å². The number of hydrogen-bond donors (Lipinski definition) is 1. The number of carbonyl (C=O) groups is 1. The number of ether oxygens (including phenoxy) is 2. The molecule has 0 aliphatic heterocycles. The minimum atomic E-state index is -4.23. The van der Waals surface area contributed by atoms with E-state index in [2.05, 4.69) is 19.1 Å². The first kappa shape index (κ1) is 25.0. The average molecular weight is 449 g/mol. The zero-order chi connectivity index (χ0) is 22.9. The molecule has 0 saturated carbocycles. The summed E-state index contributed by atoms with van der Waals surface area (Å²) in [5, 5.41) is 0. The average Bonchev–Trinajstić information content (AvgIpc) is 2.76. The van der Waals surface area contributed by atoms with E-state index in [1.807, 2.05) is 25.1 Å². The van der Waals surface area contributed by atoms with Crippen molar-refractivity contribution in [2.75, 3.05) is 20.3 Å². The monoisotopic (exact) mass is 448 g/mol. The lowest BCUT2D eigenvalue weighted by Gasteiger charge is -2.25. The van der Waals surface area contributed by atoms with Gasteiger partial charge in [0.2, 0.25) is 0 Å². The molecule has 170 valence electrons. The summed E-state index contributed by atoms with van der Waals surface area (Å²) in [5.41, 5.74) is 2.10. The Labute approximate surface area is 185 Å². The number of rotatable bonds is 12. The number of hydrogen-bond acceptors (Lipinski definition) is 5. The zero-order valence-corrected chi connectivity index (χ0v) is 19.2. The Morgan fingerprint density at radius 3 is 2.16 bits per heavy atom. The van der Waals surface area contributed by atoms with E-state index in [4.69, 9.17) is 9.47 Å². The summed E-state index contributed by atoms with van der Waals surface area (Å²) in [6.45, 7) is 4.70. The normalized spacial score (nSPS) is 14.6. The molecule has 0 aromatic heterocycles. The number of benzene rings is 2. The van der Waals surface area contributed by atoms with Crippen LogP contribution in [-0.4, -0.2) is 39.3 Å². The number of methoxy groups -OCH3 is 1. The highest BCUT2D eigenvalue weighted by Crippen LogP contribution is 2.33.